The predicted octanol–water partition coefficient (Wildman–Crippen LogP) is -1.65. The van der Waals surface area contributed by atoms with Gasteiger partial charge in [-0.1, -0.05) is 5.16 Å². The second-order valence-electron chi connectivity index (χ2n) is 4.42. The molecule has 0 aliphatic rings. The Morgan fingerprint density at radius 1 is 1.50 bits per heavy atom. The van der Waals surface area contributed by atoms with Crippen molar-refractivity contribution >= 4 is 12.0 Å². The van der Waals surface area contributed by atoms with Gasteiger partial charge in [0.05, 0.1) is 25.3 Å². The number of carbonyl (C=O) groups excluding carboxylic acids is 1. The van der Waals surface area contributed by atoms with E-state index >= 15 is 0 Å². The summed E-state index contributed by atoms with van der Waals surface area (Å²) in [5.74, 6) is -1.05. The number of nitrogens with zero attached hydrogens (tertiary/aromatic N) is 2. The number of nitrogens with one attached hydrogen (secondary N) is 2. The standard InChI is InChI=1S/C11H19N5O6/c1-5(21-2)8(10(18)19)15-11(20)13-3-7-14-9(16-22-7)6(12)4-17/h5-6,8,17H,3-4,12H2,1-2H3,(H,18,19)(H2,13,15,20). The molecule has 124 valence electrons. The molecule has 0 bridgehead atoms. The van der Waals surface area contributed by atoms with Crippen LogP contribution >= 0.6 is 0 Å². The number of carbonyl (C=O) groups is 2. The van der Waals surface area contributed by atoms with Crippen molar-refractivity contribution in [1.82, 2.24) is 20.8 Å². The van der Waals surface area contributed by atoms with E-state index in [2.05, 4.69) is 20.8 Å². The van der Waals surface area contributed by atoms with E-state index < -0.39 is 30.2 Å². The SMILES string of the molecule is COC(C)C(NC(=O)NCc1nc(C(N)CO)no1)C(=O)O. The minimum Gasteiger partial charge on any atom is -0.480 e. The van der Waals surface area contributed by atoms with E-state index in [1.807, 2.05) is 0 Å². The molecule has 2 amide bonds. The van der Waals surface area contributed by atoms with Crippen LogP contribution in [0.25, 0.3) is 0 Å². The molecule has 3 atom stereocenters. The first-order chi connectivity index (χ1) is 10.4. The summed E-state index contributed by atoms with van der Waals surface area (Å²) in [6, 6.07) is -2.71. The third-order valence-electron chi connectivity index (χ3n) is 2.81. The molecule has 1 heterocycles. The van der Waals surface area contributed by atoms with E-state index in [1.54, 1.807) is 0 Å². The van der Waals surface area contributed by atoms with Crippen LogP contribution in [0.5, 0.6) is 0 Å². The minimum atomic E-state index is -1.22. The molecule has 0 aliphatic carbocycles. The van der Waals surface area contributed by atoms with E-state index in [-0.39, 0.29) is 24.9 Å². The summed E-state index contributed by atoms with van der Waals surface area (Å²) in [5, 5.41) is 26.0. The monoisotopic (exact) mass is 317 g/mol. The Morgan fingerprint density at radius 3 is 2.73 bits per heavy atom. The Bertz CT molecular complexity index is 507. The van der Waals surface area contributed by atoms with Crippen molar-refractivity contribution in [3.8, 4) is 0 Å². The highest BCUT2D eigenvalue weighted by molar-refractivity contribution is 5.82. The molecule has 0 radical (unpaired) electrons. The Labute approximate surface area is 125 Å². The van der Waals surface area contributed by atoms with Crippen molar-refractivity contribution in [3.63, 3.8) is 0 Å². The molecule has 1 aromatic heterocycles. The largest absolute Gasteiger partial charge is 0.480 e. The Hall–Kier alpha value is -2.24. The van der Waals surface area contributed by atoms with Crippen molar-refractivity contribution in [3.05, 3.63) is 11.7 Å². The average Bonchev–Trinajstić information content (AvgIpc) is 2.97. The second kappa shape index (κ2) is 8.26. The number of aromatic nitrogens is 2. The molecule has 0 spiro atoms. The molecule has 3 unspecified atom stereocenters. The van der Waals surface area contributed by atoms with Gasteiger partial charge in [0.25, 0.3) is 0 Å². The number of aliphatic hydroxyl groups is 1. The molecule has 11 nitrogen and oxygen atoms in total. The number of ether oxygens (including phenoxy) is 1. The van der Waals surface area contributed by atoms with E-state index in [1.165, 1.54) is 14.0 Å². The first-order valence-electron chi connectivity index (χ1n) is 6.37. The molecular formula is C11H19N5O6. The molecule has 0 aliphatic heterocycles. The van der Waals surface area contributed by atoms with Crippen molar-refractivity contribution in [2.24, 2.45) is 5.73 Å². The van der Waals surface area contributed by atoms with Crippen molar-refractivity contribution < 1.29 is 29.1 Å². The van der Waals surface area contributed by atoms with Gasteiger partial charge in [0.2, 0.25) is 5.89 Å². The Morgan fingerprint density at radius 2 is 2.18 bits per heavy atom. The van der Waals surface area contributed by atoms with Gasteiger partial charge in [-0.3, -0.25) is 0 Å². The molecule has 0 fully saturated rings. The fourth-order valence-electron chi connectivity index (χ4n) is 1.44. The average molecular weight is 317 g/mol. The summed E-state index contributed by atoms with van der Waals surface area (Å²) >= 11 is 0. The van der Waals surface area contributed by atoms with E-state index in [4.69, 9.17) is 25.2 Å². The number of urea groups is 1. The summed E-state index contributed by atoms with van der Waals surface area (Å²) in [6.45, 7) is 1.05. The van der Waals surface area contributed by atoms with Gasteiger partial charge in [-0.05, 0) is 6.92 Å². The van der Waals surface area contributed by atoms with Gasteiger partial charge >= 0.3 is 12.0 Å². The highest BCUT2D eigenvalue weighted by atomic mass is 16.5. The summed E-state index contributed by atoms with van der Waals surface area (Å²) < 4.78 is 9.70. The molecule has 0 saturated carbocycles. The normalized spacial score (nSPS) is 14.9. The summed E-state index contributed by atoms with van der Waals surface area (Å²) in [5.41, 5.74) is 5.50. The first-order valence-corrected chi connectivity index (χ1v) is 6.37. The van der Waals surface area contributed by atoms with Crippen LogP contribution in [0.1, 0.15) is 24.7 Å². The van der Waals surface area contributed by atoms with Crippen LogP contribution in [0.4, 0.5) is 4.79 Å². The van der Waals surface area contributed by atoms with Crippen molar-refractivity contribution in [2.45, 2.75) is 31.7 Å². The van der Waals surface area contributed by atoms with Crippen molar-refractivity contribution in [2.75, 3.05) is 13.7 Å². The Balaban J connectivity index is 2.51. The van der Waals surface area contributed by atoms with Crippen LogP contribution in [-0.4, -0.2) is 58.2 Å². The number of hydrogen-bond acceptors (Lipinski definition) is 8. The molecule has 0 saturated heterocycles. The van der Waals surface area contributed by atoms with Crippen LogP contribution in [0.2, 0.25) is 0 Å². The molecule has 11 heteroatoms. The topological polar surface area (TPSA) is 173 Å². The maximum Gasteiger partial charge on any atom is 0.328 e. The molecule has 22 heavy (non-hydrogen) atoms. The van der Waals surface area contributed by atoms with Gasteiger partial charge in [0.15, 0.2) is 11.9 Å². The van der Waals surface area contributed by atoms with E-state index in [9.17, 15) is 9.59 Å². The van der Waals surface area contributed by atoms with Gasteiger partial charge in [-0.25, -0.2) is 9.59 Å². The zero-order valence-electron chi connectivity index (χ0n) is 12.1. The molecule has 0 aromatic carbocycles. The first kappa shape index (κ1) is 17.8. The van der Waals surface area contributed by atoms with Gasteiger partial charge in [-0.15, -0.1) is 0 Å². The molecule has 1 rings (SSSR count). The molecular weight excluding hydrogens is 298 g/mol. The van der Waals surface area contributed by atoms with Crippen molar-refractivity contribution in [1.29, 1.82) is 0 Å². The fourth-order valence-corrected chi connectivity index (χ4v) is 1.44. The lowest BCUT2D eigenvalue weighted by molar-refractivity contribution is -0.142. The summed E-state index contributed by atoms with van der Waals surface area (Å²) in [4.78, 5) is 26.5. The van der Waals surface area contributed by atoms with Crippen LogP contribution in [0.3, 0.4) is 0 Å². The van der Waals surface area contributed by atoms with E-state index in [0.717, 1.165) is 0 Å². The van der Waals surface area contributed by atoms with Crippen LogP contribution in [0, 0.1) is 0 Å². The predicted molar refractivity (Wildman–Crippen MR) is 71.6 cm³/mol. The summed E-state index contributed by atoms with van der Waals surface area (Å²) in [6.07, 6.45) is -0.708. The number of rotatable bonds is 8. The zero-order chi connectivity index (χ0) is 16.7. The third-order valence-corrected chi connectivity index (χ3v) is 2.81. The van der Waals surface area contributed by atoms with Gasteiger partial charge in [0.1, 0.15) is 0 Å². The highest BCUT2D eigenvalue weighted by Crippen LogP contribution is 2.05. The quantitative estimate of drug-likeness (QED) is 0.376. The number of carboxylic acids is 1. The highest BCUT2D eigenvalue weighted by Gasteiger charge is 2.26. The lowest BCUT2D eigenvalue weighted by Gasteiger charge is -2.19. The Kier molecular flexibility index (Phi) is 6.69. The summed E-state index contributed by atoms with van der Waals surface area (Å²) in [7, 11) is 1.34. The number of nitrogens with two attached hydrogens (primary N) is 1. The minimum absolute atomic E-state index is 0.0701. The van der Waals surface area contributed by atoms with Gasteiger partial charge in [-0.2, -0.15) is 4.98 Å². The third kappa shape index (κ3) is 4.95. The van der Waals surface area contributed by atoms with Crippen LogP contribution < -0.4 is 16.4 Å². The smallest absolute Gasteiger partial charge is 0.328 e. The maximum atomic E-state index is 11.7. The van der Waals surface area contributed by atoms with E-state index in [0.29, 0.717) is 0 Å². The second-order valence-corrected chi connectivity index (χ2v) is 4.42. The zero-order valence-corrected chi connectivity index (χ0v) is 12.1. The number of carboxylic acid groups (broad SMARTS) is 1. The van der Waals surface area contributed by atoms with Crippen LogP contribution in [0.15, 0.2) is 4.52 Å². The maximum absolute atomic E-state index is 11.7. The number of methoxy groups -OCH3 is 1. The van der Waals surface area contributed by atoms with Crippen LogP contribution in [-0.2, 0) is 16.1 Å². The van der Waals surface area contributed by atoms with Gasteiger partial charge in [0, 0.05) is 7.11 Å². The number of aliphatic hydroxyl groups excluding tert-OH is 1. The number of hydrogen-bond donors (Lipinski definition) is 5. The molecule has 1 aromatic rings. The lowest BCUT2D eigenvalue weighted by Crippen LogP contribution is -2.51. The number of aliphatic carboxylic acids is 1. The molecule has 6 N–H and O–H groups in total. The van der Waals surface area contributed by atoms with Gasteiger partial charge < -0.3 is 35.8 Å². The fraction of sp³-hybridized carbons (Fsp3) is 0.636. The number of amides is 2. The lowest BCUT2D eigenvalue weighted by atomic mass is 10.2.